The number of carbonyl (C=O) groups excluding carboxylic acids is 2. The monoisotopic (exact) mass is 316 g/mol. The highest BCUT2D eigenvalue weighted by atomic mass is 16.2. The van der Waals surface area contributed by atoms with Crippen LogP contribution in [0.2, 0.25) is 0 Å². The predicted molar refractivity (Wildman–Crippen MR) is 88.2 cm³/mol. The summed E-state index contributed by atoms with van der Waals surface area (Å²) in [5, 5.41) is 3.25. The number of benzene rings is 1. The smallest absolute Gasteiger partial charge is 0.254 e. The minimum Gasteiger partial charge on any atom is -0.338 e. The Kier molecular flexibility index (Phi) is 4.93. The molecule has 1 atom stereocenters. The first-order valence-electron chi connectivity index (χ1n) is 8.21. The maximum Gasteiger partial charge on any atom is 0.254 e. The van der Waals surface area contributed by atoms with Gasteiger partial charge in [-0.15, -0.1) is 0 Å². The Bertz CT molecular complexity index is 555. The maximum atomic E-state index is 12.9. The van der Waals surface area contributed by atoms with Gasteiger partial charge in [0.2, 0.25) is 5.91 Å². The Labute approximate surface area is 137 Å². The summed E-state index contributed by atoms with van der Waals surface area (Å²) in [5.74, 6) is 0.00848. The highest BCUT2D eigenvalue weighted by Gasteiger charge is 2.35. The van der Waals surface area contributed by atoms with Gasteiger partial charge in [-0.25, -0.2) is 0 Å². The van der Waals surface area contributed by atoms with Crippen molar-refractivity contribution in [2.45, 2.75) is 6.04 Å². The van der Waals surface area contributed by atoms with E-state index in [-0.39, 0.29) is 11.8 Å². The zero-order chi connectivity index (χ0) is 16.2. The fraction of sp³-hybridized carbons (Fsp3) is 0.529. The summed E-state index contributed by atoms with van der Waals surface area (Å²) in [6.07, 6.45) is 0. The lowest BCUT2D eigenvalue weighted by Crippen LogP contribution is -2.62. The van der Waals surface area contributed by atoms with Crippen LogP contribution in [0.5, 0.6) is 0 Å². The van der Waals surface area contributed by atoms with Crippen LogP contribution in [0.1, 0.15) is 10.4 Å². The lowest BCUT2D eigenvalue weighted by molar-refractivity contribution is -0.138. The van der Waals surface area contributed by atoms with E-state index in [1.54, 1.807) is 4.90 Å². The maximum absolute atomic E-state index is 12.9. The number of amides is 2. The highest BCUT2D eigenvalue weighted by molar-refractivity contribution is 5.97. The lowest BCUT2D eigenvalue weighted by Gasteiger charge is -2.40. The first kappa shape index (κ1) is 16.0. The molecular weight excluding hydrogens is 292 g/mol. The van der Waals surface area contributed by atoms with Gasteiger partial charge < -0.3 is 20.0 Å². The van der Waals surface area contributed by atoms with Crippen LogP contribution in [0, 0.1) is 0 Å². The van der Waals surface area contributed by atoms with Crippen LogP contribution >= 0.6 is 0 Å². The van der Waals surface area contributed by atoms with Gasteiger partial charge in [-0.3, -0.25) is 9.59 Å². The first-order valence-corrected chi connectivity index (χ1v) is 8.21. The second kappa shape index (κ2) is 7.10. The third kappa shape index (κ3) is 3.54. The van der Waals surface area contributed by atoms with Crippen LogP contribution in [0.15, 0.2) is 30.3 Å². The molecule has 1 aromatic carbocycles. The van der Waals surface area contributed by atoms with E-state index in [1.165, 1.54) is 0 Å². The predicted octanol–water partition coefficient (Wildman–Crippen LogP) is -0.125. The second-order valence-electron chi connectivity index (χ2n) is 6.21. The molecule has 2 aliphatic rings. The SMILES string of the molecule is CN1CCN(C(=O)C2CNCCN2C(=O)c2ccccc2)CC1. The number of carbonyl (C=O) groups is 2. The van der Waals surface area contributed by atoms with Crippen molar-refractivity contribution in [1.29, 1.82) is 0 Å². The van der Waals surface area contributed by atoms with Crippen LogP contribution in [0.4, 0.5) is 0 Å². The van der Waals surface area contributed by atoms with Gasteiger partial charge in [-0.1, -0.05) is 18.2 Å². The van der Waals surface area contributed by atoms with E-state index in [1.807, 2.05) is 35.2 Å². The summed E-state index contributed by atoms with van der Waals surface area (Å²) >= 11 is 0. The molecule has 2 amide bonds. The molecule has 1 aromatic rings. The molecule has 1 unspecified atom stereocenters. The molecule has 124 valence electrons. The average molecular weight is 316 g/mol. The fourth-order valence-corrected chi connectivity index (χ4v) is 3.15. The van der Waals surface area contributed by atoms with Crippen LogP contribution in [0.3, 0.4) is 0 Å². The second-order valence-corrected chi connectivity index (χ2v) is 6.21. The van der Waals surface area contributed by atoms with Crippen molar-refractivity contribution in [3.8, 4) is 0 Å². The summed E-state index contributed by atoms with van der Waals surface area (Å²) in [4.78, 5) is 31.5. The molecule has 2 heterocycles. The van der Waals surface area contributed by atoms with E-state index in [9.17, 15) is 9.59 Å². The van der Waals surface area contributed by atoms with Gasteiger partial charge in [0.15, 0.2) is 0 Å². The highest BCUT2D eigenvalue weighted by Crippen LogP contribution is 2.14. The van der Waals surface area contributed by atoms with Crippen molar-refractivity contribution < 1.29 is 9.59 Å². The third-order valence-electron chi connectivity index (χ3n) is 4.63. The molecule has 2 fully saturated rings. The Balaban J connectivity index is 1.73. The lowest BCUT2D eigenvalue weighted by atomic mass is 10.1. The molecule has 2 aliphatic heterocycles. The number of nitrogens with one attached hydrogen (secondary N) is 1. The molecule has 23 heavy (non-hydrogen) atoms. The normalized spacial score (nSPS) is 22.9. The van der Waals surface area contributed by atoms with E-state index < -0.39 is 6.04 Å². The first-order chi connectivity index (χ1) is 11.2. The summed E-state index contributed by atoms with van der Waals surface area (Å²) in [6.45, 7) is 5.07. The van der Waals surface area contributed by atoms with Crippen molar-refractivity contribution >= 4 is 11.8 Å². The van der Waals surface area contributed by atoms with Crippen molar-refractivity contribution in [3.05, 3.63) is 35.9 Å². The van der Waals surface area contributed by atoms with Crippen molar-refractivity contribution in [2.75, 3.05) is 52.9 Å². The Morgan fingerprint density at radius 3 is 2.43 bits per heavy atom. The van der Waals surface area contributed by atoms with Gasteiger partial charge in [-0.05, 0) is 19.2 Å². The van der Waals surface area contributed by atoms with E-state index in [0.29, 0.717) is 18.7 Å². The van der Waals surface area contributed by atoms with Gasteiger partial charge in [0.1, 0.15) is 6.04 Å². The molecule has 1 N–H and O–H groups in total. The van der Waals surface area contributed by atoms with Crippen molar-refractivity contribution in [1.82, 2.24) is 20.0 Å². The number of nitrogens with zero attached hydrogens (tertiary/aromatic N) is 3. The van der Waals surface area contributed by atoms with E-state index in [0.717, 1.165) is 32.7 Å². The van der Waals surface area contributed by atoms with E-state index in [2.05, 4.69) is 17.3 Å². The van der Waals surface area contributed by atoms with Gasteiger partial charge >= 0.3 is 0 Å². The number of hydrogen-bond donors (Lipinski definition) is 1. The summed E-state index contributed by atoms with van der Waals surface area (Å²) in [5.41, 5.74) is 0.644. The number of rotatable bonds is 2. The molecule has 6 nitrogen and oxygen atoms in total. The quantitative estimate of drug-likeness (QED) is 0.826. The summed E-state index contributed by atoms with van der Waals surface area (Å²) in [6, 6.07) is 8.81. The molecule has 2 saturated heterocycles. The molecule has 0 bridgehead atoms. The molecule has 0 aromatic heterocycles. The largest absolute Gasteiger partial charge is 0.338 e. The Morgan fingerprint density at radius 2 is 1.74 bits per heavy atom. The Hall–Kier alpha value is -1.92. The average Bonchev–Trinajstić information content (AvgIpc) is 2.62. The van der Waals surface area contributed by atoms with Crippen LogP contribution in [-0.2, 0) is 4.79 Å². The van der Waals surface area contributed by atoms with Crippen LogP contribution in [-0.4, -0.2) is 85.4 Å². The van der Waals surface area contributed by atoms with Crippen LogP contribution in [0.25, 0.3) is 0 Å². The zero-order valence-electron chi connectivity index (χ0n) is 13.6. The van der Waals surface area contributed by atoms with Gasteiger partial charge in [0, 0.05) is 51.4 Å². The molecular formula is C17H24N4O2. The molecule has 0 spiro atoms. The third-order valence-corrected chi connectivity index (χ3v) is 4.63. The van der Waals surface area contributed by atoms with Gasteiger partial charge in [-0.2, -0.15) is 0 Å². The molecule has 3 rings (SSSR count). The standard InChI is InChI=1S/C17H24N4O2/c1-19-9-11-20(12-10-19)17(23)15-13-18-7-8-21(15)16(22)14-5-3-2-4-6-14/h2-6,15,18H,7-13H2,1H3. The van der Waals surface area contributed by atoms with E-state index in [4.69, 9.17) is 0 Å². The van der Waals surface area contributed by atoms with Gasteiger partial charge in [0.05, 0.1) is 0 Å². The number of hydrogen-bond acceptors (Lipinski definition) is 4. The van der Waals surface area contributed by atoms with Crippen molar-refractivity contribution in [2.24, 2.45) is 0 Å². The number of likely N-dealkylation sites (N-methyl/N-ethyl adjacent to an activating group) is 1. The molecule has 6 heteroatoms. The molecule has 0 radical (unpaired) electrons. The van der Waals surface area contributed by atoms with Crippen molar-refractivity contribution in [3.63, 3.8) is 0 Å². The molecule has 0 aliphatic carbocycles. The minimum absolute atomic E-state index is 0.0559. The van der Waals surface area contributed by atoms with Crippen LogP contribution < -0.4 is 5.32 Å². The summed E-state index contributed by atoms with van der Waals surface area (Å²) < 4.78 is 0. The zero-order valence-corrected chi connectivity index (χ0v) is 13.6. The number of piperazine rings is 2. The van der Waals surface area contributed by atoms with Gasteiger partial charge in [0.25, 0.3) is 5.91 Å². The topological polar surface area (TPSA) is 55.9 Å². The summed E-state index contributed by atoms with van der Waals surface area (Å²) in [7, 11) is 2.06. The minimum atomic E-state index is -0.403. The van der Waals surface area contributed by atoms with E-state index >= 15 is 0 Å². The fourth-order valence-electron chi connectivity index (χ4n) is 3.15. The Morgan fingerprint density at radius 1 is 1.04 bits per heavy atom. The molecule has 0 saturated carbocycles.